The van der Waals surface area contributed by atoms with Gasteiger partial charge in [0.05, 0.1) is 0 Å². The average molecular weight is 200 g/mol. The molecule has 2 heteroatoms. The highest BCUT2D eigenvalue weighted by atomic mass is 14.7. The average Bonchev–Trinajstić information content (AvgIpc) is 2.48. The van der Waals surface area contributed by atoms with Crippen LogP contribution in [-0.2, 0) is 0 Å². The molecular formula is C13H16N2. The largest absolute Gasteiger partial charge is 0.262 e. The van der Waals surface area contributed by atoms with Crippen LogP contribution in [0.2, 0.25) is 0 Å². The van der Waals surface area contributed by atoms with Crippen molar-refractivity contribution in [2.75, 3.05) is 0 Å². The monoisotopic (exact) mass is 200 g/mol. The summed E-state index contributed by atoms with van der Waals surface area (Å²) in [5.41, 5.74) is 2.15. The number of aromatic nitrogens is 1. The maximum Gasteiger partial charge on any atom is 0.0372 e. The van der Waals surface area contributed by atoms with Gasteiger partial charge in [0.2, 0.25) is 0 Å². The molecule has 2 nitrogen and oxygen atoms in total. The van der Waals surface area contributed by atoms with E-state index in [-0.39, 0.29) is 0 Å². The van der Waals surface area contributed by atoms with Gasteiger partial charge in [0, 0.05) is 23.8 Å². The van der Waals surface area contributed by atoms with E-state index >= 15 is 0 Å². The van der Waals surface area contributed by atoms with Gasteiger partial charge in [0.1, 0.15) is 0 Å². The molecule has 0 atom stereocenters. The Morgan fingerprint density at radius 3 is 2.60 bits per heavy atom. The summed E-state index contributed by atoms with van der Waals surface area (Å²) < 4.78 is 0. The Morgan fingerprint density at radius 2 is 2.00 bits per heavy atom. The Hall–Kier alpha value is -1.70. The highest BCUT2D eigenvalue weighted by molar-refractivity contribution is 5.93. The lowest BCUT2D eigenvalue weighted by Gasteiger charge is -1.82. The first kappa shape index (κ1) is 11.4. The van der Waals surface area contributed by atoms with Crippen LogP contribution in [0.4, 0.5) is 0 Å². The second-order valence-corrected chi connectivity index (χ2v) is 3.26. The van der Waals surface area contributed by atoms with Crippen molar-refractivity contribution in [2.24, 2.45) is 4.99 Å². The van der Waals surface area contributed by atoms with Crippen molar-refractivity contribution in [2.45, 2.75) is 20.3 Å². The highest BCUT2D eigenvalue weighted by Gasteiger charge is 1.81. The number of aryl methyl sites for hydroxylation is 1. The maximum atomic E-state index is 4.07. The molecule has 0 unspecified atom stereocenters. The van der Waals surface area contributed by atoms with Crippen molar-refractivity contribution in [3.05, 3.63) is 54.5 Å². The molecule has 0 spiro atoms. The van der Waals surface area contributed by atoms with E-state index in [0.717, 1.165) is 17.8 Å². The second kappa shape index (κ2) is 6.71. The lowest BCUT2D eigenvalue weighted by atomic mass is 10.3. The summed E-state index contributed by atoms with van der Waals surface area (Å²) in [5.74, 6) is 0. The minimum atomic E-state index is 1.01. The third kappa shape index (κ3) is 5.57. The molecule has 0 radical (unpaired) electrons. The van der Waals surface area contributed by atoms with Gasteiger partial charge in [-0.05, 0) is 38.5 Å². The quantitative estimate of drug-likeness (QED) is 0.630. The van der Waals surface area contributed by atoms with E-state index in [1.807, 2.05) is 50.4 Å². The van der Waals surface area contributed by atoms with Gasteiger partial charge in [0.25, 0.3) is 0 Å². The molecule has 1 aromatic heterocycles. The van der Waals surface area contributed by atoms with E-state index in [2.05, 4.69) is 16.1 Å². The Labute approximate surface area is 91.1 Å². The molecule has 0 aromatic carbocycles. The normalized spacial score (nSPS) is 13.6. The SMILES string of the molecule is CC1=NC=CCC=C1.Cc1ccccn1. The van der Waals surface area contributed by atoms with Crippen molar-refractivity contribution in [1.82, 2.24) is 4.98 Å². The number of pyridine rings is 1. The van der Waals surface area contributed by atoms with Gasteiger partial charge in [-0.1, -0.05) is 18.2 Å². The Bertz CT molecular complexity index is 361. The molecule has 0 N–H and O–H groups in total. The summed E-state index contributed by atoms with van der Waals surface area (Å²) in [6.07, 6.45) is 10.8. The van der Waals surface area contributed by atoms with Gasteiger partial charge >= 0.3 is 0 Å². The number of rotatable bonds is 0. The molecule has 0 fully saturated rings. The topological polar surface area (TPSA) is 25.2 Å². The van der Waals surface area contributed by atoms with Gasteiger partial charge < -0.3 is 0 Å². The van der Waals surface area contributed by atoms with Crippen LogP contribution >= 0.6 is 0 Å². The highest BCUT2D eigenvalue weighted by Crippen LogP contribution is 1.94. The zero-order valence-electron chi connectivity index (χ0n) is 9.22. The van der Waals surface area contributed by atoms with Crippen molar-refractivity contribution in [3.8, 4) is 0 Å². The van der Waals surface area contributed by atoms with Crippen LogP contribution in [0.25, 0.3) is 0 Å². The number of hydrogen-bond acceptors (Lipinski definition) is 2. The van der Waals surface area contributed by atoms with Crippen molar-refractivity contribution in [3.63, 3.8) is 0 Å². The van der Waals surface area contributed by atoms with Crippen molar-refractivity contribution < 1.29 is 0 Å². The van der Waals surface area contributed by atoms with Gasteiger partial charge in [-0.25, -0.2) is 0 Å². The molecule has 0 aliphatic carbocycles. The van der Waals surface area contributed by atoms with Crippen LogP contribution in [0.3, 0.4) is 0 Å². The van der Waals surface area contributed by atoms with Gasteiger partial charge in [-0.2, -0.15) is 0 Å². The van der Waals surface area contributed by atoms with Crippen LogP contribution in [-0.4, -0.2) is 10.7 Å². The Morgan fingerprint density at radius 1 is 1.13 bits per heavy atom. The third-order valence-electron chi connectivity index (χ3n) is 1.83. The number of nitrogens with zero attached hydrogens (tertiary/aromatic N) is 2. The van der Waals surface area contributed by atoms with Crippen molar-refractivity contribution >= 4 is 5.71 Å². The zero-order chi connectivity index (χ0) is 10.9. The fourth-order valence-electron chi connectivity index (χ4n) is 1.04. The summed E-state index contributed by atoms with van der Waals surface area (Å²) in [4.78, 5) is 8.05. The smallest absolute Gasteiger partial charge is 0.0372 e. The summed E-state index contributed by atoms with van der Waals surface area (Å²) in [5, 5.41) is 0. The van der Waals surface area contributed by atoms with Gasteiger partial charge in [-0.15, -0.1) is 0 Å². The minimum Gasteiger partial charge on any atom is -0.262 e. The molecule has 1 aliphatic rings. The second-order valence-electron chi connectivity index (χ2n) is 3.26. The number of aliphatic imine (C=N–C) groups is 1. The predicted octanol–water partition coefficient (Wildman–Crippen LogP) is 3.31. The van der Waals surface area contributed by atoms with Crippen LogP contribution in [0.15, 0.2) is 53.8 Å². The van der Waals surface area contributed by atoms with E-state index in [1.54, 1.807) is 6.20 Å². The lowest BCUT2D eigenvalue weighted by Crippen LogP contribution is -1.78. The fraction of sp³-hybridized carbons (Fsp3) is 0.231. The first-order valence-corrected chi connectivity index (χ1v) is 5.02. The van der Waals surface area contributed by atoms with E-state index in [1.165, 1.54) is 0 Å². The van der Waals surface area contributed by atoms with Crippen LogP contribution in [0.5, 0.6) is 0 Å². The molecule has 2 rings (SSSR count). The summed E-state index contributed by atoms with van der Waals surface area (Å²) in [7, 11) is 0. The molecule has 0 saturated heterocycles. The van der Waals surface area contributed by atoms with Crippen molar-refractivity contribution in [1.29, 1.82) is 0 Å². The third-order valence-corrected chi connectivity index (χ3v) is 1.83. The molecule has 0 saturated carbocycles. The first-order chi connectivity index (χ1) is 7.29. The standard InChI is InChI=1S/C7H9N.C6H7N/c1-7-5-3-2-4-6-8-7;1-6-4-2-3-5-7-6/h3-6H,2H2,1H3;2-5H,1H3. The molecular weight excluding hydrogens is 184 g/mol. The molecule has 15 heavy (non-hydrogen) atoms. The van der Waals surface area contributed by atoms with Crippen LogP contribution < -0.4 is 0 Å². The maximum absolute atomic E-state index is 4.07. The molecule has 2 heterocycles. The predicted molar refractivity (Wildman–Crippen MR) is 65.0 cm³/mol. The molecule has 0 amide bonds. The number of allylic oxidation sites excluding steroid dienone is 3. The van der Waals surface area contributed by atoms with Gasteiger partial charge in [0.15, 0.2) is 0 Å². The van der Waals surface area contributed by atoms with Crippen LogP contribution in [0.1, 0.15) is 19.0 Å². The van der Waals surface area contributed by atoms with Crippen LogP contribution in [0, 0.1) is 6.92 Å². The van der Waals surface area contributed by atoms with E-state index in [4.69, 9.17) is 0 Å². The Balaban J connectivity index is 0.000000151. The molecule has 0 bridgehead atoms. The van der Waals surface area contributed by atoms with E-state index in [9.17, 15) is 0 Å². The van der Waals surface area contributed by atoms with E-state index < -0.39 is 0 Å². The lowest BCUT2D eigenvalue weighted by molar-refractivity contribution is 1.20. The van der Waals surface area contributed by atoms with Gasteiger partial charge in [-0.3, -0.25) is 9.98 Å². The molecule has 1 aliphatic heterocycles. The fourth-order valence-corrected chi connectivity index (χ4v) is 1.04. The molecule has 78 valence electrons. The number of hydrogen-bond donors (Lipinski definition) is 0. The zero-order valence-corrected chi connectivity index (χ0v) is 9.22. The first-order valence-electron chi connectivity index (χ1n) is 5.02. The minimum absolute atomic E-state index is 1.01. The van der Waals surface area contributed by atoms with E-state index in [0.29, 0.717) is 0 Å². The summed E-state index contributed by atoms with van der Waals surface area (Å²) >= 11 is 0. The summed E-state index contributed by atoms with van der Waals surface area (Å²) in [6.45, 7) is 3.96. The Kier molecular flexibility index (Phi) is 5.09. The molecule has 1 aromatic rings. The summed E-state index contributed by atoms with van der Waals surface area (Å²) in [6, 6.07) is 5.86.